The van der Waals surface area contributed by atoms with E-state index in [1.807, 2.05) is 6.08 Å². The Labute approximate surface area is 231 Å². The summed E-state index contributed by atoms with van der Waals surface area (Å²) < 4.78 is 19.0. The molecule has 1 aliphatic heterocycles. The summed E-state index contributed by atoms with van der Waals surface area (Å²) in [5.41, 5.74) is -1.40. The summed E-state index contributed by atoms with van der Waals surface area (Å²) in [6.07, 6.45) is 13.2. The first-order valence-electron chi connectivity index (χ1n) is 15.0. The van der Waals surface area contributed by atoms with Crippen LogP contribution in [0.15, 0.2) is 23.8 Å². The highest BCUT2D eigenvalue weighted by Gasteiger charge is 2.76. The zero-order chi connectivity index (χ0) is 27.7. The van der Waals surface area contributed by atoms with Crippen LogP contribution >= 0.6 is 0 Å². The Morgan fingerprint density at radius 2 is 1.92 bits per heavy atom. The van der Waals surface area contributed by atoms with Gasteiger partial charge >= 0.3 is 5.97 Å². The summed E-state index contributed by atoms with van der Waals surface area (Å²) in [6.45, 7) is 7.38. The number of aliphatic hydroxyl groups is 1. The van der Waals surface area contributed by atoms with Crippen LogP contribution in [0.2, 0.25) is 0 Å². The molecule has 1 saturated heterocycles. The third kappa shape index (κ3) is 3.97. The molecule has 0 amide bonds. The molecule has 6 rings (SSSR count). The Bertz CT molecular complexity index is 1100. The molecule has 1 heterocycles. The van der Waals surface area contributed by atoms with Crippen LogP contribution < -0.4 is 0 Å². The average Bonchev–Trinajstić information content (AvgIpc) is 3.41. The van der Waals surface area contributed by atoms with Gasteiger partial charge < -0.3 is 19.3 Å². The van der Waals surface area contributed by atoms with Gasteiger partial charge in [-0.1, -0.05) is 58.6 Å². The topological polar surface area (TPSA) is 99.1 Å². The predicted molar refractivity (Wildman–Crippen MR) is 143 cm³/mol. The SMILES string of the molecule is CC(C)C(=O)OCC(=O)[C@@]12OC(C3CCCCC3)O[C@@H]1C[C@H]1[C@@H]3C[CH]C4=CC(=O)C=C[C@]4(C)[C@H]3[C@@H](O)C[C@@]12C. The molecule has 7 heteroatoms. The van der Waals surface area contributed by atoms with E-state index in [0.29, 0.717) is 12.8 Å². The number of Topliss-reactive ketones (excluding diaryl/α,β-unsaturated/α-hetero) is 1. The molecular formula is C32H43O7. The number of ketones is 2. The van der Waals surface area contributed by atoms with E-state index in [2.05, 4.69) is 20.3 Å². The van der Waals surface area contributed by atoms with Crippen LogP contribution in [0.5, 0.6) is 0 Å². The van der Waals surface area contributed by atoms with Crippen molar-refractivity contribution < 1.29 is 33.7 Å². The largest absolute Gasteiger partial charge is 0.457 e. The van der Waals surface area contributed by atoms with Gasteiger partial charge in [-0.25, -0.2) is 0 Å². The number of aliphatic hydroxyl groups excluding tert-OH is 1. The monoisotopic (exact) mass is 539 g/mol. The number of carbonyl (C=O) groups excluding carboxylic acids is 3. The summed E-state index contributed by atoms with van der Waals surface area (Å²) in [7, 11) is 0. The van der Waals surface area contributed by atoms with Gasteiger partial charge in [0.2, 0.25) is 5.78 Å². The number of hydrogen-bond donors (Lipinski definition) is 1. The molecule has 4 saturated carbocycles. The van der Waals surface area contributed by atoms with Crippen LogP contribution in [0.1, 0.15) is 79.1 Å². The van der Waals surface area contributed by atoms with Crippen molar-refractivity contribution in [2.45, 2.75) is 103 Å². The van der Waals surface area contributed by atoms with Gasteiger partial charge in [0.1, 0.15) is 0 Å². The number of allylic oxidation sites excluding steroid dienone is 4. The Morgan fingerprint density at radius 3 is 2.64 bits per heavy atom. The third-order valence-corrected chi connectivity index (χ3v) is 11.3. The van der Waals surface area contributed by atoms with Crippen LogP contribution in [-0.2, 0) is 28.6 Å². The van der Waals surface area contributed by atoms with Crippen molar-refractivity contribution in [1.82, 2.24) is 0 Å². The van der Waals surface area contributed by atoms with Gasteiger partial charge in [-0.15, -0.1) is 0 Å². The van der Waals surface area contributed by atoms with Crippen LogP contribution in [0.25, 0.3) is 0 Å². The van der Waals surface area contributed by atoms with E-state index in [1.165, 1.54) is 6.42 Å². The van der Waals surface area contributed by atoms with Crippen molar-refractivity contribution in [2.75, 3.05) is 6.61 Å². The summed E-state index contributed by atoms with van der Waals surface area (Å²) in [6, 6.07) is 0. The lowest BCUT2D eigenvalue weighted by Crippen LogP contribution is -2.64. The molecule has 1 N–H and O–H groups in total. The lowest BCUT2D eigenvalue weighted by molar-refractivity contribution is -0.209. The number of rotatable bonds is 5. The second kappa shape index (κ2) is 9.63. The van der Waals surface area contributed by atoms with E-state index in [0.717, 1.165) is 37.7 Å². The van der Waals surface area contributed by atoms with Crippen molar-refractivity contribution in [3.8, 4) is 0 Å². The van der Waals surface area contributed by atoms with E-state index in [-0.39, 0.29) is 47.8 Å². The molecule has 6 aliphatic rings. The molecule has 1 unspecified atom stereocenters. The van der Waals surface area contributed by atoms with Crippen molar-refractivity contribution in [3.63, 3.8) is 0 Å². The molecule has 0 aromatic heterocycles. The molecule has 7 nitrogen and oxygen atoms in total. The molecule has 5 aliphatic carbocycles. The number of carbonyl (C=O) groups is 3. The van der Waals surface area contributed by atoms with Crippen molar-refractivity contribution in [3.05, 3.63) is 30.2 Å². The molecule has 0 bridgehead atoms. The molecule has 0 aromatic rings. The molecule has 213 valence electrons. The summed E-state index contributed by atoms with van der Waals surface area (Å²) >= 11 is 0. The highest BCUT2D eigenvalue weighted by atomic mass is 16.7. The summed E-state index contributed by atoms with van der Waals surface area (Å²) in [5.74, 6) is -0.646. The Kier molecular flexibility index (Phi) is 6.75. The first kappa shape index (κ1) is 27.3. The fraction of sp³-hybridized carbons (Fsp3) is 0.750. The van der Waals surface area contributed by atoms with E-state index in [4.69, 9.17) is 14.2 Å². The van der Waals surface area contributed by atoms with Gasteiger partial charge in [0.25, 0.3) is 0 Å². The lowest BCUT2D eigenvalue weighted by Gasteiger charge is -2.59. The second-order valence-corrected chi connectivity index (χ2v) is 13.7. The van der Waals surface area contributed by atoms with Gasteiger partial charge in [0, 0.05) is 22.7 Å². The summed E-state index contributed by atoms with van der Waals surface area (Å²) in [4.78, 5) is 38.7. The lowest BCUT2D eigenvalue weighted by atomic mass is 9.46. The minimum absolute atomic E-state index is 0.0150. The number of hydrogen-bond acceptors (Lipinski definition) is 7. The predicted octanol–water partition coefficient (Wildman–Crippen LogP) is 4.52. The maximum Gasteiger partial charge on any atom is 0.308 e. The zero-order valence-corrected chi connectivity index (χ0v) is 23.7. The smallest absolute Gasteiger partial charge is 0.308 e. The fourth-order valence-corrected chi connectivity index (χ4v) is 9.38. The van der Waals surface area contributed by atoms with E-state index in [1.54, 1.807) is 26.0 Å². The maximum absolute atomic E-state index is 14.2. The quantitative estimate of drug-likeness (QED) is 0.513. The molecule has 9 atom stereocenters. The molecule has 1 radical (unpaired) electrons. The number of esters is 1. The van der Waals surface area contributed by atoms with Gasteiger partial charge in [0.05, 0.1) is 18.1 Å². The Balaban J connectivity index is 1.35. The first-order valence-corrected chi connectivity index (χ1v) is 15.0. The van der Waals surface area contributed by atoms with E-state index >= 15 is 0 Å². The van der Waals surface area contributed by atoms with Gasteiger partial charge in [-0.3, -0.25) is 14.4 Å². The second-order valence-electron chi connectivity index (χ2n) is 13.7. The molecular weight excluding hydrogens is 496 g/mol. The molecule has 39 heavy (non-hydrogen) atoms. The zero-order valence-electron chi connectivity index (χ0n) is 23.7. The first-order chi connectivity index (χ1) is 18.5. The Morgan fingerprint density at radius 1 is 1.18 bits per heavy atom. The maximum atomic E-state index is 14.2. The molecule has 0 aromatic carbocycles. The summed E-state index contributed by atoms with van der Waals surface area (Å²) in [5, 5.41) is 11.9. The Hall–Kier alpha value is -1.83. The minimum atomic E-state index is -1.27. The highest BCUT2D eigenvalue weighted by molar-refractivity contribution is 6.01. The van der Waals surface area contributed by atoms with Gasteiger partial charge in [-0.2, -0.15) is 0 Å². The average molecular weight is 540 g/mol. The normalized spacial score (nSPS) is 45.3. The van der Waals surface area contributed by atoms with Gasteiger partial charge in [0.15, 0.2) is 24.3 Å². The van der Waals surface area contributed by atoms with Crippen LogP contribution in [0, 0.1) is 46.8 Å². The van der Waals surface area contributed by atoms with Crippen LogP contribution in [0.3, 0.4) is 0 Å². The van der Waals surface area contributed by atoms with Crippen molar-refractivity contribution in [2.24, 2.45) is 40.4 Å². The molecule has 0 spiro atoms. The number of fused-ring (bicyclic) bond motifs is 7. The van der Waals surface area contributed by atoms with Crippen molar-refractivity contribution >= 4 is 17.5 Å². The third-order valence-electron chi connectivity index (χ3n) is 11.3. The van der Waals surface area contributed by atoms with Gasteiger partial charge in [-0.05, 0) is 62.5 Å². The standard InChI is InChI=1S/C32H43O7/c1-18(2)28(36)37-17-25(35)32-26(38-29(39-32)19-8-6-5-7-9-19)15-23-22-11-10-20-14-21(33)12-13-30(20,3)27(22)24(34)16-31(23,32)4/h10,12-14,18-19,22-24,26-27,29,34H,5-9,11,15-17H2,1-4H3/t22-,23-,24-,26+,27+,29?,30-,31-,32+/m0/s1. The van der Waals surface area contributed by atoms with Crippen molar-refractivity contribution in [1.29, 1.82) is 0 Å². The molecule has 5 fully saturated rings. The van der Waals surface area contributed by atoms with Crippen LogP contribution in [-0.4, -0.2) is 53.3 Å². The fourth-order valence-electron chi connectivity index (χ4n) is 9.38. The van der Waals surface area contributed by atoms with E-state index < -0.39 is 40.9 Å². The minimum Gasteiger partial charge on any atom is -0.457 e. The number of ether oxygens (including phenoxy) is 3. The van der Waals surface area contributed by atoms with E-state index in [9.17, 15) is 19.5 Å². The highest BCUT2D eigenvalue weighted by Crippen LogP contribution is 2.70. The van der Waals surface area contributed by atoms with Crippen LogP contribution in [0.4, 0.5) is 0 Å².